The summed E-state index contributed by atoms with van der Waals surface area (Å²) < 4.78 is 5.22. The summed E-state index contributed by atoms with van der Waals surface area (Å²) in [6.07, 6.45) is 1.32. The Morgan fingerprint density at radius 3 is 2.80 bits per heavy atom. The van der Waals surface area contributed by atoms with Crippen LogP contribution in [-0.2, 0) is 4.79 Å². The molecule has 4 heteroatoms. The summed E-state index contributed by atoms with van der Waals surface area (Å²) in [5, 5.41) is 11.5. The number of aliphatic hydroxyl groups excluding tert-OH is 1. The molecular weight excluding hydrogens is 254 g/mol. The molecule has 0 fully saturated rings. The third-order valence-corrected chi connectivity index (χ3v) is 2.73. The summed E-state index contributed by atoms with van der Waals surface area (Å²) in [6, 6.07) is 5.28. The Labute approximate surface area is 120 Å². The minimum Gasteiger partial charge on any atom is -0.495 e. The number of nitrogens with one attached hydrogen (secondary N) is 1. The molecule has 1 aromatic rings. The van der Waals surface area contributed by atoms with Gasteiger partial charge < -0.3 is 15.2 Å². The number of carbonyl (C=O) groups is 1. The average molecular weight is 275 g/mol. The molecule has 1 aromatic carbocycles. The van der Waals surface area contributed by atoms with Gasteiger partial charge in [0.25, 0.3) is 0 Å². The number of methoxy groups -OCH3 is 1. The molecule has 0 saturated carbocycles. The molecule has 108 valence electrons. The van der Waals surface area contributed by atoms with Gasteiger partial charge in [-0.15, -0.1) is 0 Å². The highest BCUT2D eigenvalue weighted by Gasteiger charge is 2.09. The number of anilines is 1. The first-order valence-electron chi connectivity index (χ1n) is 6.64. The molecule has 0 aliphatic carbocycles. The predicted octanol–water partition coefficient (Wildman–Crippen LogP) is 2.41. The van der Waals surface area contributed by atoms with Gasteiger partial charge in [-0.2, -0.15) is 0 Å². The number of benzene rings is 1. The summed E-state index contributed by atoms with van der Waals surface area (Å²) in [7, 11) is 1.55. The van der Waals surface area contributed by atoms with Gasteiger partial charge in [-0.05, 0) is 30.5 Å². The minimum atomic E-state index is -0.192. The minimum absolute atomic E-state index is 0.0377. The van der Waals surface area contributed by atoms with E-state index in [1.165, 1.54) is 0 Å². The molecule has 0 heterocycles. The molecule has 2 N–H and O–H groups in total. The average Bonchev–Trinajstić information content (AvgIpc) is 2.43. The van der Waals surface area contributed by atoms with Crippen molar-refractivity contribution in [1.82, 2.24) is 0 Å². The molecule has 1 amide bonds. The summed E-state index contributed by atoms with van der Waals surface area (Å²) in [5.41, 5.74) is 1.32. The van der Waals surface area contributed by atoms with E-state index in [0.29, 0.717) is 23.8 Å². The largest absolute Gasteiger partial charge is 0.495 e. The Bertz CT molecular complexity index is 512. The van der Waals surface area contributed by atoms with E-state index in [2.05, 4.69) is 31.0 Å². The van der Waals surface area contributed by atoms with Crippen molar-refractivity contribution in [3.63, 3.8) is 0 Å². The molecule has 0 radical (unpaired) electrons. The second kappa shape index (κ2) is 8.23. The van der Waals surface area contributed by atoms with Crippen molar-refractivity contribution < 1.29 is 14.6 Å². The molecule has 0 spiro atoms. The molecule has 0 aliphatic rings. The smallest absolute Gasteiger partial charge is 0.224 e. The zero-order valence-corrected chi connectivity index (χ0v) is 12.2. The van der Waals surface area contributed by atoms with Crippen LogP contribution < -0.4 is 10.1 Å². The van der Waals surface area contributed by atoms with E-state index in [9.17, 15) is 4.79 Å². The first-order chi connectivity index (χ1) is 9.56. The highest BCUT2D eigenvalue weighted by atomic mass is 16.5. The second-order valence-electron chi connectivity index (χ2n) is 4.86. The van der Waals surface area contributed by atoms with Crippen LogP contribution in [-0.4, -0.2) is 24.7 Å². The lowest BCUT2D eigenvalue weighted by molar-refractivity contribution is -0.116. The maximum absolute atomic E-state index is 11.9. The summed E-state index contributed by atoms with van der Waals surface area (Å²) >= 11 is 0. The first-order valence-corrected chi connectivity index (χ1v) is 6.64. The fraction of sp³-hybridized carbons (Fsp3) is 0.438. The van der Waals surface area contributed by atoms with Crippen molar-refractivity contribution in [2.75, 3.05) is 19.0 Å². The number of hydrogen-bond acceptors (Lipinski definition) is 3. The maximum Gasteiger partial charge on any atom is 0.224 e. The van der Waals surface area contributed by atoms with Crippen LogP contribution in [0.3, 0.4) is 0 Å². The Morgan fingerprint density at radius 1 is 1.45 bits per heavy atom. The predicted molar refractivity (Wildman–Crippen MR) is 79.7 cm³/mol. The number of carbonyl (C=O) groups excluding carboxylic acids is 1. The van der Waals surface area contributed by atoms with Gasteiger partial charge >= 0.3 is 0 Å². The van der Waals surface area contributed by atoms with Crippen molar-refractivity contribution in [2.45, 2.75) is 26.7 Å². The zero-order chi connectivity index (χ0) is 15.0. The van der Waals surface area contributed by atoms with Crippen molar-refractivity contribution in [3.8, 4) is 17.6 Å². The van der Waals surface area contributed by atoms with Gasteiger partial charge in [-0.1, -0.05) is 25.7 Å². The third-order valence-electron chi connectivity index (χ3n) is 2.73. The number of rotatable bonds is 5. The zero-order valence-electron chi connectivity index (χ0n) is 12.2. The fourth-order valence-corrected chi connectivity index (χ4v) is 1.66. The number of amides is 1. The lowest BCUT2D eigenvalue weighted by Crippen LogP contribution is -2.13. The van der Waals surface area contributed by atoms with E-state index in [0.717, 1.165) is 12.0 Å². The SMILES string of the molecule is COc1ccc(C#CCO)cc1NC(=O)CCC(C)C. The van der Waals surface area contributed by atoms with Crippen LogP contribution in [0.25, 0.3) is 0 Å². The number of hydrogen-bond donors (Lipinski definition) is 2. The highest BCUT2D eigenvalue weighted by molar-refractivity contribution is 5.92. The van der Waals surface area contributed by atoms with Crippen LogP contribution >= 0.6 is 0 Å². The van der Waals surface area contributed by atoms with Gasteiger partial charge in [0, 0.05) is 12.0 Å². The van der Waals surface area contributed by atoms with E-state index < -0.39 is 0 Å². The van der Waals surface area contributed by atoms with Crippen molar-refractivity contribution in [2.24, 2.45) is 5.92 Å². The molecule has 0 bridgehead atoms. The van der Waals surface area contributed by atoms with Gasteiger partial charge in [0.2, 0.25) is 5.91 Å². The van der Waals surface area contributed by atoms with Crippen LogP contribution in [0.4, 0.5) is 5.69 Å². The quantitative estimate of drug-likeness (QED) is 0.811. The van der Waals surface area contributed by atoms with Crippen molar-refractivity contribution >= 4 is 11.6 Å². The molecule has 0 saturated heterocycles. The standard InChI is InChI=1S/C16H21NO3/c1-12(2)6-9-16(19)17-14-11-13(5-4-10-18)7-8-15(14)20-3/h7-8,11-12,18H,6,9-10H2,1-3H3,(H,17,19). The van der Waals surface area contributed by atoms with Crippen molar-refractivity contribution in [1.29, 1.82) is 0 Å². The van der Waals surface area contributed by atoms with Gasteiger partial charge in [-0.25, -0.2) is 0 Å². The number of ether oxygens (including phenoxy) is 1. The monoisotopic (exact) mass is 275 g/mol. The molecule has 0 aliphatic heterocycles. The van der Waals surface area contributed by atoms with Gasteiger partial charge in [0.15, 0.2) is 0 Å². The Morgan fingerprint density at radius 2 is 2.20 bits per heavy atom. The Kier molecular flexibility index (Phi) is 6.61. The molecule has 20 heavy (non-hydrogen) atoms. The summed E-state index contributed by atoms with van der Waals surface area (Å²) in [4.78, 5) is 11.9. The van der Waals surface area contributed by atoms with E-state index in [4.69, 9.17) is 9.84 Å². The lowest BCUT2D eigenvalue weighted by atomic mass is 10.1. The Balaban J connectivity index is 2.82. The first kappa shape index (κ1) is 16.1. The van der Waals surface area contributed by atoms with E-state index >= 15 is 0 Å². The second-order valence-corrected chi connectivity index (χ2v) is 4.86. The molecule has 1 rings (SSSR count). The van der Waals surface area contributed by atoms with E-state index in [-0.39, 0.29) is 12.5 Å². The maximum atomic E-state index is 11.9. The molecule has 0 unspecified atom stereocenters. The summed E-state index contributed by atoms with van der Waals surface area (Å²) in [5.74, 6) is 6.42. The van der Waals surface area contributed by atoms with Crippen LogP contribution in [0.1, 0.15) is 32.3 Å². The molecule has 0 aromatic heterocycles. The van der Waals surface area contributed by atoms with Crippen LogP contribution in [0.2, 0.25) is 0 Å². The Hall–Kier alpha value is -1.99. The van der Waals surface area contributed by atoms with E-state index in [1.54, 1.807) is 25.3 Å². The van der Waals surface area contributed by atoms with Crippen molar-refractivity contribution in [3.05, 3.63) is 23.8 Å². The van der Waals surface area contributed by atoms with E-state index in [1.807, 2.05) is 0 Å². The topological polar surface area (TPSA) is 58.6 Å². The van der Waals surface area contributed by atoms with Crippen LogP contribution in [0.5, 0.6) is 5.75 Å². The molecule has 4 nitrogen and oxygen atoms in total. The third kappa shape index (κ3) is 5.33. The van der Waals surface area contributed by atoms with Gasteiger partial charge in [0.05, 0.1) is 12.8 Å². The van der Waals surface area contributed by atoms with Gasteiger partial charge in [-0.3, -0.25) is 4.79 Å². The normalized spacial score (nSPS) is 9.85. The summed E-state index contributed by atoms with van der Waals surface area (Å²) in [6.45, 7) is 3.97. The molecule has 0 atom stereocenters. The number of aliphatic hydroxyl groups is 1. The van der Waals surface area contributed by atoms with Crippen LogP contribution in [0.15, 0.2) is 18.2 Å². The molecular formula is C16H21NO3. The fourth-order valence-electron chi connectivity index (χ4n) is 1.66. The van der Waals surface area contributed by atoms with Gasteiger partial charge in [0.1, 0.15) is 12.4 Å². The highest BCUT2D eigenvalue weighted by Crippen LogP contribution is 2.25. The lowest BCUT2D eigenvalue weighted by Gasteiger charge is -2.11. The van der Waals surface area contributed by atoms with Crippen LogP contribution in [0, 0.1) is 17.8 Å².